The fourth-order valence-corrected chi connectivity index (χ4v) is 1.19. The summed E-state index contributed by atoms with van der Waals surface area (Å²) in [6.45, 7) is 3.37. The number of rotatable bonds is 4. The predicted molar refractivity (Wildman–Crippen MR) is 55.5 cm³/mol. The summed E-state index contributed by atoms with van der Waals surface area (Å²) in [6.07, 6.45) is -0.291. The zero-order chi connectivity index (χ0) is 12.3. The van der Waals surface area contributed by atoms with Crippen molar-refractivity contribution in [1.82, 2.24) is 0 Å². The molecule has 0 spiro atoms. The van der Waals surface area contributed by atoms with Gasteiger partial charge in [0, 0.05) is 6.07 Å². The smallest absolute Gasteiger partial charge is 0.387 e. The van der Waals surface area contributed by atoms with Crippen molar-refractivity contribution < 1.29 is 14.6 Å². The number of hydrogen-bond acceptors (Lipinski definition) is 5. The first-order chi connectivity index (χ1) is 7.43. The van der Waals surface area contributed by atoms with Crippen molar-refractivity contribution in [3.05, 3.63) is 38.4 Å². The van der Waals surface area contributed by atoms with E-state index in [1.54, 1.807) is 13.8 Å². The summed E-state index contributed by atoms with van der Waals surface area (Å²) in [5.41, 5.74) is -1.18. The molecule has 0 aliphatic carbocycles. The minimum atomic E-state index is -0.810. The number of hydrogen-bond donors (Lipinski definition) is 0. The standard InChI is InChI=1S/C9H10N2O5/c1-6(2)16-8-5-3-4-7(10(12)13)9(8)11(14)15/h3-6H,1-2H3. The highest BCUT2D eigenvalue weighted by Gasteiger charge is 2.29. The zero-order valence-electron chi connectivity index (χ0n) is 8.75. The Kier molecular flexibility index (Phi) is 3.39. The Labute approximate surface area is 90.9 Å². The van der Waals surface area contributed by atoms with Gasteiger partial charge in [0.1, 0.15) is 0 Å². The second-order valence-electron chi connectivity index (χ2n) is 3.30. The van der Waals surface area contributed by atoms with Crippen molar-refractivity contribution in [1.29, 1.82) is 0 Å². The Morgan fingerprint density at radius 3 is 2.25 bits per heavy atom. The summed E-state index contributed by atoms with van der Waals surface area (Å²) < 4.78 is 5.15. The molecule has 0 bridgehead atoms. The van der Waals surface area contributed by atoms with E-state index in [1.807, 2.05) is 0 Å². The molecule has 0 saturated carbocycles. The average molecular weight is 226 g/mol. The lowest BCUT2D eigenvalue weighted by atomic mass is 10.2. The summed E-state index contributed by atoms with van der Waals surface area (Å²) in [5.74, 6) is -0.0887. The topological polar surface area (TPSA) is 95.5 Å². The predicted octanol–water partition coefficient (Wildman–Crippen LogP) is 2.29. The van der Waals surface area contributed by atoms with E-state index in [-0.39, 0.29) is 11.9 Å². The molecule has 0 saturated heterocycles. The number of para-hydroxylation sites is 1. The molecule has 1 aromatic carbocycles. The average Bonchev–Trinajstić information content (AvgIpc) is 2.15. The minimum Gasteiger partial charge on any atom is -0.484 e. The third kappa shape index (κ3) is 2.44. The van der Waals surface area contributed by atoms with Crippen LogP contribution in [0.25, 0.3) is 0 Å². The van der Waals surface area contributed by atoms with Crippen LogP contribution in [-0.2, 0) is 0 Å². The van der Waals surface area contributed by atoms with E-state index in [1.165, 1.54) is 12.1 Å². The maximum absolute atomic E-state index is 10.7. The Morgan fingerprint density at radius 1 is 1.19 bits per heavy atom. The van der Waals surface area contributed by atoms with Gasteiger partial charge in [-0.25, -0.2) is 0 Å². The second kappa shape index (κ2) is 4.56. The molecule has 0 aliphatic heterocycles. The first kappa shape index (κ1) is 11.9. The van der Waals surface area contributed by atoms with Crippen LogP contribution in [-0.4, -0.2) is 16.0 Å². The van der Waals surface area contributed by atoms with Crippen LogP contribution >= 0.6 is 0 Å². The van der Waals surface area contributed by atoms with Gasteiger partial charge in [-0.2, -0.15) is 0 Å². The quantitative estimate of drug-likeness (QED) is 0.579. The highest BCUT2D eigenvalue weighted by molar-refractivity contribution is 5.61. The van der Waals surface area contributed by atoms with E-state index in [4.69, 9.17) is 4.74 Å². The van der Waals surface area contributed by atoms with Gasteiger partial charge in [0.25, 0.3) is 0 Å². The zero-order valence-corrected chi connectivity index (χ0v) is 8.75. The number of benzene rings is 1. The van der Waals surface area contributed by atoms with Gasteiger partial charge in [0.2, 0.25) is 5.75 Å². The Morgan fingerprint density at radius 2 is 1.81 bits per heavy atom. The highest BCUT2D eigenvalue weighted by Crippen LogP contribution is 2.36. The molecular formula is C9H10N2O5. The Hall–Kier alpha value is -2.18. The highest BCUT2D eigenvalue weighted by atomic mass is 16.6. The number of ether oxygens (including phenoxy) is 1. The molecule has 1 aromatic rings. The molecular weight excluding hydrogens is 216 g/mol. The van der Waals surface area contributed by atoms with Gasteiger partial charge in [0.05, 0.1) is 16.0 Å². The van der Waals surface area contributed by atoms with Gasteiger partial charge in [-0.1, -0.05) is 6.07 Å². The maximum atomic E-state index is 10.7. The fourth-order valence-electron chi connectivity index (χ4n) is 1.19. The molecule has 7 nitrogen and oxygen atoms in total. The molecule has 0 aliphatic rings. The second-order valence-corrected chi connectivity index (χ2v) is 3.30. The number of nitro benzene ring substituents is 2. The van der Waals surface area contributed by atoms with E-state index in [2.05, 4.69) is 0 Å². The Balaban J connectivity index is 3.32. The van der Waals surface area contributed by atoms with Crippen molar-refractivity contribution >= 4 is 11.4 Å². The molecule has 0 fully saturated rings. The summed E-state index contributed by atoms with van der Waals surface area (Å²) in [4.78, 5) is 19.7. The van der Waals surface area contributed by atoms with Gasteiger partial charge in [-0.3, -0.25) is 20.2 Å². The largest absolute Gasteiger partial charge is 0.484 e. The van der Waals surface area contributed by atoms with Crippen LogP contribution in [0.2, 0.25) is 0 Å². The van der Waals surface area contributed by atoms with Gasteiger partial charge in [-0.05, 0) is 19.9 Å². The summed E-state index contributed by atoms with van der Waals surface area (Å²) in [7, 11) is 0. The molecule has 1 rings (SSSR count). The van der Waals surface area contributed by atoms with Gasteiger partial charge < -0.3 is 4.74 Å². The van der Waals surface area contributed by atoms with Gasteiger partial charge in [-0.15, -0.1) is 0 Å². The van der Waals surface area contributed by atoms with E-state index >= 15 is 0 Å². The van der Waals surface area contributed by atoms with Crippen LogP contribution in [0.3, 0.4) is 0 Å². The molecule has 16 heavy (non-hydrogen) atoms. The molecule has 0 amide bonds. The molecule has 0 N–H and O–H groups in total. The van der Waals surface area contributed by atoms with Gasteiger partial charge in [0.15, 0.2) is 0 Å². The Bertz CT molecular complexity index is 430. The van der Waals surface area contributed by atoms with E-state index in [0.29, 0.717) is 0 Å². The van der Waals surface area contributed by atoms with Crippen molar-refractivity contribution in [2.45, 2.75) is 20.0 Å². The van der Waals surface area contributed by atoms with Gasteiger partial charge >= 0.3 is 11.4 Å². The molecule has 7 heteroatoms. The number of nitro groups is 2. The molecule has 0 radical (unpaired) electrons. The van der Waals surface area contributed by atoms with Crippen LogP contribution in [0, 0.1) is 20.2 Å². The summed E-state index contributed by atoms with van der Waals surface area (Å²) in [5, 5.41) is 21.4. The molecule has 86 valence electrons. The monoisotopic (exact) mass is 226 g/mol. The van der Waals surface area contributed by atoms with E-state index in [9.17, 15) is 20.2 Å². The lowest BCUT2D eigenvalue weighted by Crippen LogP contribution is -2.08. The fraction of sp³-hybridized carbons (Fsp3) is 0.333. The van der Waals surface area contributed by atoms with Crippen molar-refractivity contribution in [3.63, 3.8) is 0 Å². The normalized spacial score (nSPS) is 10.2. The van der Waals surface area contributed by atoms with E-state index < -0.39 is 21.2 Å². The first-order valence-corrected chi connectivity index (χ1v) is 4.52. The first-order valence-electron chi connectivity index (χ1n) is 4.52. The van der Waals surface area contributed by atoms with Crippen LogP contribution in [0.1, 0.15) is 13.8 Å². The lowest BCUT2D eigenvalue weighted by Gasteiger charge is -2.09. The molecule has 0 aromatic heterocycles. The van der Waals surface area contributed by atoms with Crippen molar-refractivity contribution in [2.24, 2.45) is 0 Å². The van der Waals surface area contributed by atoms with Crippen LogP contribution in [0.4, 0.5) is 11.4 Å². The molecule has 0 atom stereocenters. The van der Waals surface area contributed by atoms with Crippen molar-refractivity contribution in [2.75, 3.05) is 0 Å². The third-order valence-electron chi connectivity index (χ3n) is 1.72. The third-order valence-corrected chi connectivity index (χ3v) is 1.72. The SMILES string of the molecule is CC(C)Oc1cccc([N+](=O)[O-])c1[N+](=O)[O-]. The van der Waals surface area contributed by atoms with Crippen LogP contribution in [0.5, 0.6) is 5.75 Å². The van der Waals surface area contributed by atoms with E-state index in [0.717, 1.165) is 6.07 Å². The summed E-state index contributed by atoms with van der Waals surface area (Å²) in [6, 6.07) is 3.76. The lowest BCUT2D eigenvalue weighted by molar-refractivity contribution is -0.423. The number of nitrogens with zero attached hydrogens (tertiary/aromatic N) is 2. The molecule has 0 heterocycles. The maximum Gasteiger partial charge on any atom is 0.387 e. The summed E-state index contributed by atoms with van der Waals surface area (Å²) >= 11 is 0. The van der Waals surface area contributed by atoms with Crippen LogP contribution < -0.4 is 4.74 Å². The minimum absolute atomic E-state index is 0.0887. The molecule has 0 unspecified atom stereocenters. The van der Waals surface area contributed by atoms with Crippen LogP contribution in [0.15, 0.2) is 18.2 Å². The van der Waals surface area contributed by atoms with Crippen molar-refractivity contribution in [3.8, 4) is 5.75 Å².